The van der Waals surface area contributed by atoms with Crippen molar-refractivity contribution in [2.75, 3.05) is 18.0 Å². The second kappa shape index (κ2) is 9.34. The first-order valence-electron chi connectivity index (χ1n) is 11.6. The van der Waals surface area contributed by atoms with Crippen molar-refractivity contribution in [3.63, 3.8) is 0 Å². The monoisotopic (exact) mass is 485 g/mol. The van der Waals surface area contributed by atoms with Gasteiger partial charge in [0.1, 0.15) is 17.3 Å². The van der Waals surface area contributed by atoms with E-state index >= 15 is 0 Å². The molecule has 1 saturated carbocycles. The number of anilines is 1. The van der Waals surface area contributed by atoms with Gasteiger partial charge in [-0.3, -0.25) is 0 Å². The highest BCUT2D eigenvalue weighted by Gasteiger charge is 2.37. The van der Waals surface area contributed by atoms with Crippen LogP contribution in [0, 0.1) is 17.1 Å². The Morgan fingerprint density at radius 3 is 2.49 bits per heavy atom. The van der Waals surface area contributed by atoms with E-state index in [1.54, 1.807) is 18.2 Å². The molecule has 2 aliphatic rings. The molecule has 3 aromatic rings. The second-order valence-electron chi connectivity index (χ2n) is 8.97. The van der Waals surface area contributed by atoms with Gasteiger partial charge in [0.2, 0.25) is 0 Å². The summed E-state index contributed by atoms with van der Waals surface area (Å²) in [6.07, 6.45) is -1.54. The smallest absolute Gasteiger partial charge is 0.373 e. The van der Waals surface area contributed by atoms with Crippen molar-refractivity contribution in [1.29, 1.82) is 5.26 Å². The van der Waals surface area contributed by atoms with Crippen LogP contribution in [0.5, 0.6) is 0 Å². The molecule has 0 amide bonds. The quantitative estimate of drug-likeness (QED) is 0.376. The molecule has 1 aliphatic heterocycles. The zero-order valence-electron chi connectivity index (χ0n) is 18.8. The van der Waals surface area contributed by atoms with Gasteiger partial charge in [-0.15, -0.1) is 0 Å². The van der Waals surface area contributed by atoms with Crippen LogP contribution >= 0.6 is 0 Å². The molecule has 35 heavy (non-hydrogen) atoms. The van der Waals surface area contributed by atoms with Crippen molar-refractivity contribution in [3.05, 3.63) is 70.7 Å². The number of hydrogen-bond donors (Lipinski definition) is 0. The molecule has 5 nitrogen and oxygen atoms in total. The summed E-state index contributed by atoms with van der Waals surface area (Å²) in [6, 6.07) is 11.7. The van der Waals surface area contributed by atoms with Gasteiger partial charge < -0.3 is 14.2 Å². The molecular formula is C26H23F4N3O2. The molecule has 1 saturated heterocycles. The minimum Gasteiger partial charge on any atom is -0.373 e. The summed E-state index contributed by atoms with van der Waals surface area (Å²) in [4.78, 5) is 1.91. The lowest BCUT2D eigenvalue weighted by molar-refractivity contribution is -0.137. The maximum atomic E-state index is 14.4. The molecule has 0 N–H and O–H groups in total. The molecule has 2 aromatic carbocycles. The molecule has 2 heterocycles. The third-order valence-corrected chi connectivity index (χ3v) is 6.58. The van der Waals surface area contributed by atoms with E-state index in [1.807, 2.05) is 11.0 Å². The van der Waals surface area contributed by atoms with Gasteiger partial charge >= 0.3 is 6.18 Å². The Morgan fingerprint density at radius 1 is 1.09 bits per heavy atom. The number of benzene rings is 2. The van der Waals surface area contributed by atoms with Crippen LogP contribution in [-0.2, 0) is 17.5 Å². The van der Waals surface area contributed by atoms with Crippen molar-refractivity contribution in [3.8, 4) is 17.3 Å². The highest BCUT2D eigenvalue weighted by Crippen LogP contribution is 2.46. The molecule has 1 aliphatic carbocycles. The number of piperidine rings is 1. The fourth-order valence-electron chi connectivity index (χ4n) is 4.57. The standard InChI is InChI=1S/C26H23F4N3O2/c27-22-13-16(14-31)5-8-23(22)33-11-9-18(10-12-33)34-15-20-24(32-35-25(20)17-6-7-17)19-3-1-2-4-21(19)26(28,29)30/h1-5,8,13,17-18H,6-7,9-12,15H2. The Bertz CT molecular complexity index is 1250. The highest BCUT2D eigenvalue weighted by atomic mass is 19.4. The van der Waals surface area contributed by atoms with Crippen LogP contribution in [0.4, 0.5) is 23.2 Å². The molecule has 0 bridgehead atoms. The summed E-state index contributed by atoms with van der Waals surface area (Å²) < 4.78 is 66.9. The van der Waals surface area contributed by atoms with Gasteiger partial charge in [-0.1, -0.05) is 23.4 Å². The third kappa shape index (κ3) is 4.89. The molecule has 1 aromatic heterocycles. The van der Waals surface area contributed by atoms with Crippen LogP contribution in [0.3, 0.4) is 0 Å². The summed E-state index contributed by atoms with van der Waals surface area (Å²) in [7, 11) is 0. The van der Waals surface area contributed by atoms with Gasteiger partial charge in [0.25, 0.3) is 0 Å². The van der Waals surface area contributed by atoms with Crippen LogP contribution in [0.15, 0.2) is 47.0 Å². The molecule has 5 rings (SSSR count). The fourth-order valence-corrected chi connectivity index (χ4v) is 4.57. The first-order valence-corrected chi connectivity index (χ1v) is 11.6. The van der Waals surface area contributed by atoms with E-state index in [-0.39, 0.29) is 35.4 Å². The SMILES string of the molecule is N#Cc1ccc(N2CCC(OCc3c(-c4ccccc4C(F)(F)F)noc3C3CC3)CC2)c(F)c1. The van der Waals surface area contributed by atoms with Crippen molar-refractivity contribution >= 4 is 5.69 Å². The predicted molar refractivity (Wildman–Crippen MR) is 120 cm³/mol. The topological polar surface area (TPSA) is 62.3 Å². The first kappa shape index (κ1) is 23.4. The minimum absolute atomic E-state index is 0.0136. The van der Waals surface area contributed by atoms with Crippen molar-refractivity contribution in [2.45, 2.75) is 50.5 Å². The van der Waals surface area contributed by atoms with Crippen molar-refractivity contribution < 1.29 is 26.8 Å². The lowest BCUT2D eigenvalue weighted by Gasteiger charge is -2.33. The van der Waals surface area contributed by atoms with Crippen molar-refractivity contribution in [1.82, 2.24) is 5.16 Å². The van der Waals surface area contributed by atoms with E-state index in [1.165, 1.54) is 18.2 Å². The summed E-state index contributed by atoms with van der Waals surface area (Å²) in [5.41, 5.74) is 0.702. The molecule has 9 heteroatoms. The maximum absolute atomic E-state index is 14.4. The van der Waals surface area contributed by atoms with E-state index in [0.717, 1.165) is 18.9 Å². The summed E-state index contributed by atoms with van der Waals surface area (Å²) >= 11 is 0. The molecule has 0 radical (unpaired) electrons. The van der Waals surface area contributed by atoms with E-state index in [2.05, 4.69) is 5.16 Å². The number of nitriles is 1. The Hall–Kier alpha value is -3.38. The molecule has 0 spiro atoms. The maximum Gasteiger partial charge on any atom is 0.417 e. The van der Waals surface area contributed by atoms with E-state index in [0.29, 0.717) is 42.9 Å². The van der Waals surface area contributed by atoms with Gasteiger partial charge in [0.05, 0.1) is 35.6 Å². The number of aromatic nitrogens is 1. The predicted octanol–water partition coefficient (Wildman–Crippen LogP) is 6.43. The number of hydrogen-bond acceptors (Lipinski definition) is 5. The summed E-state index contributed by atoms with van der Waals surface area (Å²) in [6.45, 7) is 1.24. The van der Waals surface area contributed by atoms with Gasteiger partial charge in [-0.25, -0.2) is 4.39 Å². The van der Waals surface area contributed by atoms with Gasteiger partial charge in [-0.2, -0.15) is 18.4 Å². The van der Waals surface area contributed by atoms with Crippen LogP contribution in [0.25, 0.3) is 11.3 Å². The Kier molecular flexibility index (Phi) is 6.24. The van der Waals surface area contributed by atoms with E-state index < -0.39 is 17.6 Å². The lowest BCUT2D eigenvalue weighted by Crippen LogP contribution is -2.37. The van der Waals surface area contributed by atoms with Gasteiger partial charge in [0.15, 0.2) is 0 Å². The third-order valence-electron chi connectivity index (χ3n) is 6.58. The number of rotatable bonds is 6. The normalized spacial score (nSPS) is 16.9. The average Bonchev–Trinajstić information content (AvgIpc) is 3.61. The number of nitrogens with zero attached hydrogens (tertiary/aromatic N) is 3. The molecule has 2 fully saturated rings. The number of halogens is 4. The Morgan fingerprint density at radius 2 is 1.83 bits per heavy atom. The van der Waals surface area contributed by atoms with Crippen LogP contribution < -0.4 is 4.90 Å². The zero-order chi connectivity index (χ0) is 24.6. The lowest BCUT2D eigenvalue weighted by atomic mass is 9.99. The van der Waals surface area contributed by atoms with Gasteiger partial charge in [0, 0.05) is 30.1 Å². The Labute approximate surface area is 199 Å². The van der Waals surface area contributed by atoms with E-state index in [9.17, 15) is 17.6 Å². The molecule has 0 atom stereocenters. The summed E-state index contributed by atoms with van der Waals surface area (Å²) in [5, 5.41) is 13.0. The average molecular weight is 485 g/mol. The van der Waals surface area contributed by atoms with Crippen LogP contribution in [0.1, 0.15) is 54.1 Å². The fraction of sp³-hybridized carbons (Fsp3) is 0.385. The summed E-state index contributed by atoms with van der Waals surface area (Å²) in [5.74, 6) is 0.332. The molecule has 0 unspecified atom stereocenters. The number of alkyl halides is 3. The molecule has 182 valence electrons. The molecular weight excluding hydrogens is 462 g/mol. The van der Waals surface area contributed by atoms with Gasteiger partial charge in [-0.05, 0) is 49.9 Å². The first-order chi connectivity index (χ1) is 16.8. The zero-order valence-corrected chi connectivity index (χ0v) is 18.8. The van der Waals surface area contributed by atoms with Crippen LogP contribution in [0.2, 0.25) is 0 Å². The van der Waals surface area contributed by atoms with Crippen molar-refractivity contribution in [2.24, 2.45) is 0 Å². The Balaban J connectivity index is 1.30. The number of ether oxygens (including phenoxy) is 1. The van der Waals surface area contributed by atoms with E-state index in [4.69, 9.17) is 14.5 Å². The largest absolute Gasteiger partial charge is 0.417 e. The van der Waals surface area contributed by atoms with Crippen LogP contribution in [-0.4, -0.2) is 24.4 Å². The highest BCUT2D eigenvalue weighted by molar-refractivity contribution is 5.68. The minimum atomic E-state index is -4.51. The second-order valence-corrected chi connectivity index (χ2v) is 8.97.